The largest absolute Gasteiger partial charge is 0.495 e. The van der Waals surface area contributed by atoms with Gasteiger partial charge in [0.25, 0.3) is 5.91 Å². The van der Waals surface area contributed by atoms with Crippen LogP contribution in [0.1, 0.15) is 15.9 Å². The predicted octanol–water partition coefficient (Wildman–Crippen LogP) is 0.775. The molecular weight excluding hydrogens is 378 g/mol. The van der Waals surface area contributed by atoms with Crippen LogP contribution in [-0.2, 0) is 10.0 Å². The Balaban J connectivity index is 1.90. The van der Waals surface area contributed by atoms with Crippen molar-refractivity contribution in [1.82, 2.24) is 4.31 Å². The Labute approximate surface area is 166 Å². The lowest BCUT2D eigenvalue weighted by atomic mass is 10.1. The summed E-state index contributed by atoms with van der Waals surface area (Å²) >= 11 is 0. The van der Waals surface area contributed by atoms with Crippen LogP contribution in [0.4, 0.5) is 5.69 Å². The number of amides is 1. The monoisotopic (exact) mass is 404 g/mol. The van der Waals surface area contributed by atoms with Gasteiger partial charge in [-0.15, -0.1) is 0 Å². The fourth-order valence-electron chi connectivity index (χ4n) is 3.22. The van der Waals surface area contributed by atoms with Gasteiger partial charge in [-0.2, -0.15) is 4.31 Å². The number of nitrogens with one attached hydrogen (secondary N) is 2. The quantitative estimate of drug-likeness (QED) is 0.772. The van der Waals surface area contributed by atoms with Gasteiger partial charge in [-0.1, -0.05) is 18.2 Å². The number of piperazine rings is 1. The van der Waals surface area contributed by atoms with Crippen molar-refractivity contribution in [3.8, 4) is 5.75 Å². The lowest BCUT2D eigenvalue weighted by Crippen LogP contribution is -3.12. The van der Waals surface area contributed by atoms with E-state index in [1.165, 1.54) is 28.4 Å². The number of benzene rings is 2. The van der Waals surface area contributed by atoms with Gasteiger partial charge in [0, 0.05) is 5.56 Å². The summed E-state index contributed by atoms with van der Waals surface area (Å²) in [5, 5.41) is 2.79. The van der Waals surface area contributed by atoms with Gasteiger partial charge in [-0.05, 0) is 36.8 Å². The lowest BCUT2D eigenvalue weighted by Gasteiger charge is -2.29. The van der Waals surface area contributed by atoms with E-state index in [2.05, 4.69) is 12.4 Å². The van der Waals surface area contributed by atoms with E-state index in [1.807, 2.05) is 19.1 Å². The highest BCUT2D eigenvalue weighted by atomic mass is 32.2. The Kier molecular flexibility index (Phi) is 6.02. The van der Waals surface area contributed by atoms with Gasteiger partial charge in [0.2, 0.25) is 10.0 Å². The van der Waals surface area contributed by atoms with Gasteiger partial charge in [0.1, 0.15) is 5.75 Å². The third kappa shape index (κ3) is 4.19. The minimum absolute atomic E-state index is 0.146. The van der Waals surface area contributed by atoms with Crippen molar-refractivity contribution in [2.24, 2.45) is 0 Å². The number of quaternary nitrogens is 1. The number of ether oxygens (including phenoxy) is 1. The third-order valence-corrected chi connectivity index (χ3v) is 6.92. The molecule has 2 N–H and O–H groups in total. The molecule has 3 rings (SSSR count). The Bertz CT molecular complexity index is 967. The maximum absolute atomic E-state index is 13.0. The average molecular weight is 405 g/mol. The zero-order chi connectivity index (χ0) is 20.3. The van der Waals surface area contributed by atoms with Gasteiger partial charge < -0.3 is 15.0 Å². The Morgan fingerprint density at radius 2 is 1.82 bits per heavy atom. The number of carbonyl (C=O) groups is 1. The molecule has 0 saturated carbocycles. The van der Waals surface area contributed by atoms with E-state index >= 15 is 0 Å². The smallest absolute Gasteiger partial charge is 0.256 e. The standard InChI is InChI=1S/C20H25N3O4S/c1-15-6-4-5-7-17(15)20(24)21-18-14-16(8-9-19(18)27-3)28(25,26)23-12-10-22(2)11-13-23/h4-9,14H,10-13H2,1-3H3,(H,21,24)/p+1. The van der Waals surface area contributed by atoms with Crippen LogP contribution in [0.3, 0.4) is 0 Å². The average Bonchev–Trinajstić information content (AvgIpc) is 2.68. The normalized spacial score (nSPS) is 16.0. The molecule has 2 aromatic carbocycles. The number of hydrogen-bond acceptors (Lipinski definition) is 4. The maximum Gasteiger partial charge on any atom is 0.256 e. The van der Waals surface area contributed by atoms with Crippen LogP contribution >= 0.6 is 0 Å². The molecule has 0 bridgehead atoms. The predicted molar refractivity (Wildman–Crippen MR) is 108 cm³/mol. The number of anilines is 1. The van der Waals surface area contributed by atoms with E-state index in [9.17, 15) is 13.2 Å². The molecule has 1 aliphatic rings. The minimum atomic E-state index is -3.63. The molecule has 0 unspecified atom stereocenters. The number of nitrogens with zero attached hydrogens (tertiary/aromatic N) is 1. The van der Waals surface area contributed by atoms with Gasteiger partial charge >= 0.3 is 0 Å². The number of carbonyl (C=O) groups excluding carboxylic acids is 1. The number of likely N-dealkylation sites (N-methyl/N-ethyl adjacent to an activating group) is 1. The molecule has 1 aliphatic heterocycles. The first-order chi connectivity index (χ1) is 13.3. The SMILES string of the molecule is COc1ccc(S(=O)(=O)N2CC[NH+](C)CC2)cc1NC(=O)c1ccccc1C. The maximum atomic E-state index is 13.0. The van der Waals surface area contributed by atoms with Crippen LogP contribution in [0, 0.1) is 6.92 Å². The second kappa shape index (κ2) is 8.30. The lowest BCUT2D eigenvalue weighted by molar-refractivity contribution is -0.883. The van der Waals surface area contributed by atoms with Crippen molar-refractivity contribution in [3.63, 3.8) is 0 Å². The van der Waals surface area contributed by atoms with Gasteiger partial charge in [-0.25, -0.2) is 8.42 Å². The molecule has 0 spiro atoms. The van der Waals surface area contributed by atoms with Crippen LogP contribution in [0.5, 0.6) is 5.75 Å². The van der Waals surface area contributed by atoms with E-state index in [-0.39, 0.29) is 10.8 Å². The molecule has 7 nitrogen and oxygen atoms in total. The number of rotatable bonds is 5. The van der Waals surface area contributed by atoms with Crippen molar-refractivity contribution in [1.29, 1.82) is 0 Å². The number of sulfonamides is 1. The second-order valence-electron chi connectivity index (χ2n) is 6.99. The summed E-state index contributed by atoms with van der Waals surface area (Å²) in [5.74, 6) is 0.0952. The molecule has 2 aromatic rings. The molecule has 1 amide bonds. The summed E-state index contributed by atoms with van der Waals surface area (Å²) in [5.41, 5.74) is 1.69. The Morgan fingerprint density at radius 3 is 2.46 bits per heavy atom. The summed E-state index contributed by atoms with van der Waals surface area (Å²) in [7, 11) is -0.0939. The molecular formula is C20H26N3O4S+. The number of aryl methyl sites for hydroxylation is 1. The third-order valence-electron chi connectivity index (χ3n) is 5.02. The fraction of sp³-hybridized carbons (Fsp3) is 0.350. The van der Waals surface area contributed by atoms with E-state index in [4.69, 9.17) is 4.74 Å². The number of methoxy groups -OCH3 is 1. The minimum Gasteiger partial charge on any atom is -0.495 e. The van der Waals surface area contributed by atoms with Gasteiger partial charge in [0.15, 0.2) is 0 Å². The van der Waals surface area contributed by atoms with Crippen molar-refractivity contribution in [2.75, 3.05) is 45.7 Å². The summed E-state index contributed by atoms with van der Waals surface area (Å²) in [6.07, 6.45) is 0. The Morgan fingerprint density at radius 1 is 1.14 bits per heavy atom. The van der Waals surface area contributed by atoms with E-state index in [0.29, 0.717) is 30.1 Å². The summed E-state index contributed by atoms with van der Waals surface area (Å²) < 4.78 is 32.8. The van der Waals surface area contributed by atoms with Crippen molar-refractivity contribution >= 4 is 21.6 Å². The van der Waals surface area contributed by atoms with Crippen LogP contribution in [0.25, 0.3) is 0 Å². The summed E-state index contributed by atoms with van der Waals surface area (Å²) in [6, 6.07) is 11.8. The zero-order valence-corrected chi connectivity index (χ0v) is 17.2. The fourth-order valence-corrected chi connectivity index (χ4v) is 4.69. The topological polar surface area (TPSA) is 80.2 Å². The van der Waals surface area contributed by atoms with Crippen molar-refractivity contribution in [3.05, 3.63) is 53.6 Å². The zero-order valence-electron chi connectivity index (χ0n) is 16.4. The first kappa shape index (κ1) is 20.3. The summed E-state index contributed by atoms with van der Waals surface area (Å²) in [6.45, 7) is 4.34. The van der Waals surface area contributed by atoms with E-state index in [1.54, 1.807) is 18.2 Å². The van der Waals surface area contributed by atoms with Crippen LogP contribution < -0.4 is 15.0 Å². The van der Waals surface area contributed by atoms with Crippen molar-refractivity contribution in [2.45, 2.75) is 11.8 Å². The molecule has 0 aliphatic carbocycles. The molecule has 28 heavy (non-hydrogen) atoms. The molecule has 1 saturated heterocycles. The van der Waals surface area contributed by atoms with Gasteiger partial charge in [-0.3, -0.25) is 4.79 Å². The van der Waals surface area contributed by atoms with E-state index < -0.39 is 10.0 Å². The number of hydrogen-bond donors (Lipinski definition) is 2. The summed E-state index contributed by atoms with van der Waals surface area (Å²) in [4.78, 5) is 14.1. The van der Waals surface area contributed by atoms with Crippen molar-refractivity contribution < 1.29 is 22.8 Å². The second-order valence-corrected chi connectivity index (χ2v) is 8.93. The molecule has 0 aromatic heterocycles. The van der Waals surface area contributed by atoms with Crippen LogP contribution in [-0.4, -0.2) is 59.0 Å². The highest BCUT2D eigenvalue weighted by Gasteiger charge is 2.30. The molecule has 0 atom stereocenters. The first-order valence-corrected chi connectivity index (χ1v) is 10.6. The van der Waals surface area contributed by atoms with Crippen LogP contribution in [0.2, 0.25) is 0 Å². The first-order valence-electron chi connectivity index (χ1n) is 9.19. The molecule has 0 radical (unpaired) electrons. The molecule has 1 heterocycles. The highest BCUT2D eigenvalue weighted by molar-refractivity contribution is 7.89. The Hall–Kier alpha value is -2.42. The molecule has 1 fully saturated rings. The van der Waals surface area contributed by atoms with E-state index in [0.717, 1.165) is 18.7 Å². The highest BCUT2D eigenvalue weighted by Crippen LogP contribution is 2.29. The van der Waals surface area contributed by atoms with Gasteiger partial charge in [0.05, 0.1) is 50.9 Å². The van der Waals surface area contributed by atoms with Crippen LogP contribution in [0.15, 0.2) is 47.4 Å². The molecule has 150 valence electrons. The molecule has 8 heteroatoms.